The largest absolute Gasteiger partial charge is 0.444 e. The van der Waals surface area contributed by atoms with Crippen molar-refractivity contribution in [2.75, 3.05) is 24.1 Å². The molecule has 5 rings (SSSR count). The van der Waals surface area contributed by atoms with Crippen LogP contribution in [0.5, 0.6) is 11.6 Å². The minimum Gasteiger partial charge on any atom is -0.444 e. The third-order valence-electron chi connectivity index (χ3n) is 6.23. The highest BCUT2D eigenvalue weighted by molar-refractivity contribution is 5.97. The van der Waals surface area contributed by atoms with Crippen LogP contribution in [0.4, 0.5) is 16.4 Å². The summed E-state index contributed by atoms with van der Waals surface area (Å²) >= 11 is 0. The lowest BCUT2D eigenvalue weighted by atomic mass is 10.1. The fraction of sp³-hybridized carbons (Fsp3) is 0.310. The number of nitrogens with zero attached hydrogens (tertiary/aromatic N) is 4. The average Bonchev–Trinajstić information content (AvgIpc) is 2.89. The highest BCUT2D eigenvalue weighted by Gasteiger charge is 2.28. The fourth-order valence-electron chi connectivity index (χ4n) is 4.51. The lowest BCUT2D eigenvalue weighted by Gasteiger charge is -2.34. The summed E-state index contributed by atoms with van der Waals surface area (Å²) in [6.07, 6.45) is 4.86. The average molecular weight is 513 g/mol. The molecule has 0 saturated carbocycles. The van der Waals surface area contributed by atoms with Crippen LogP contribution in [0.25, 0.3) is 22.0 Å². The van der Waals surface area contributed by atoms with Crippen LogP contribution in [0.1, 0.15) is 33.6 Å². The van der Waals surface area contributed by atoms with Gasteiger partial charge in [0.05, 0.1) is 11.3 Å². The van der Waals surface area contributed by atoms with Crippen LogP contribution in [-0.2, 0) is 4.74 Å². The summed E-state index contributed by atoms with van der Waals surface area (Å²) in [5.74, 6) is 1.57. The number of nitrogen functional groups attached to an aromatic ring is 1. The van der Waals surface area contributed by atoms with E-state index in [2.05, 4.69) is 15.3 Å². The standard InChI is InChI=1S/C29H32N6O3/c1-29(2,3)38-28(36)35-17-7-8-19(18-35)33-27-32-16-14-24(34-27)22-11-6-15-31-26(22)37-25-13-5-9-20-21(25)10-4-12-23(20)30/h4-6,9-16,19H,7-8,17-18,30H2,1-3H3,(H,32,33,34)/t19-/m0/s1. The van der Waals surface area contributed by atoms with Crippen molar-refractivity contribution in [1.82, 2.24) is 19.9 Å². The summed E-state index contributed by atoms with van der Waals surface area (Å²) in [5.41, 5.74) is 7.72. The highest BCUT2D eigenvalue weighted by atomic mass is 16.6. The van der Waals surface area contributed by atoms with Gasteiger partial charge in [0.25, 0.3) is 0 Å². The van der Waals surface area contributed by atoms with E-state index in [9.17, 15) is 4.79 Å². The first-order chi connectivity index (χ1) is 18.3. The van der Waals surface area contributed by atoms with Gasteiger partial charge in [-0.1, -0.05) is 24.3 Å². The van der Waals surface area contributed by atoms with Crippen molar-refractivity contribution in [1.29, 1.82) is 0 Å². The molecule has 1 atom stereocenters. The minimum absolute atomic E-state index is 0.0114. The molecule has 3 heterocycles. The van der Waals surface area contributed by atoms with Gasteiger partial charge in [-0.2, -0.15) is 0 Å². The Balaban J connectivity index is 1.35. The van der Waals surface area contributed by atoms with Crippen LogP contribution in [0.2, 0.25) is 0 Å². The highest BCUT2D eigenvalue weighted by Crippen LogP contribution is 2.35. The number of ether oxygens (including phenoxy) is 2. The number of carbonyl (C=O) groups is 1. The van der Waals surface area contributed by atoms with Gasteiger partial charge >= 0.3 is 6.09 Å². The normalized spacial score (nSPS) is 15.8. The van der Waals surface area contributed by atoms with Crippen LogP contribution < -0.4 is 15.8 Å². The van der Waals surface area contributed by atoms with Crippen LogP contribution in [0.15, 0.2) is 67.0 Å². The van der Waals surface area contributed by atoms with E-state index in [0.29, 0.717) is 42.0 Å². The summed E-state index contributed by atoms with van der Waals surface area (Å²) in [4.78, 5) is 28.0. The summed E-state index contributed by atoms with van der Waals surface area (Å²) < 4.78 is 11.8. The molecule has 0 spiro atoms. The number of nitrogens with one attached hydrogen (secondary N) is 1. The van der Waals surface area contributed by atoms with Gasteiger partial charge in [-0.25, -0.2) is 19.7 Å². The molecule has 0 aliphatic carbocycles. The Hall–Kier alpha value is -4.40. The van der Waals surface area contributed by atoms with Crippen molar-refractivity contribution in [3.63, 3.8) is 0 Å². The van der Waals surface area contributed by atoms with Crippen molar-refractivity contribution >= 4 is 28.5 Å². The van der Waals surface area contributed by atoms with Crippen LogP contribution in [0, 0.1) is 0 Å². The zero-order valence-electron chi connectivity index (χ0n) is 21.8. The molecule has 0 radical (unpaired) electrons. The Morgan fingerprint density at radius 2 is 1.84 bits per heavy atom. The number of piperidine rings is 1. The maximum absolute atomic E-state index is 12.6. The zero-order chi connectivity index (χ0) is 26.7. The Morgan fingerprint density at radius 3 is 2.68 bits per heavy atom. The number of hydrogen-bond acceptors (Lipinski definition) is 8. The second-order valence-electron chi connectivity index (χ2n) is 10.3. The number of pyridine rings is 1. The number of aromatic nitrogens is 3. The molecular formula is C29H32N6O3. The first-order valence-corrected chi connectivity index (χ1v) is 12.7. The SMILES string of the molecule is CC(C)(C)OC(=O)N1CCC[C@H](Nc2nccc(-c3cccnc3Oc3cccc4c(N)cccc34)n2)C1. The number of nitrogens with two attached hydrogens (primary N) is 1. The molecule has 1 aliphatic heterocycles. The smallest absolute Gasteiger partial charge is 0.410 e. The van der Waals surface area contributed by atoms with Gasteiger partial charge in [0.2, 0.25) is 11.8 Å². The van der Waals surface area contributed by atoms with E-state index in [0.717, 1.165) is 29.2 Å². The maximum atomic E-state index is 12.6. The van der Waals surface area contributed by atoms with E-state index < -0.39 is 5.60 Å². The number of fused-ring (bicyclic) bond motifs is 1. The summed E-state index contributed by atoms with van der Waals surface area (Å²) in [6, 6.07) is 17.1. The quantitative estimate of drug-likeness (QED) is 0.319. The number of anilines is 2. The number of amides is 1. The number of carbonyl (C=O) groups excluding carboxylic acids is 1. The molecule has 9 nitrogen and oxygen atoms in total. The number of hydrogen-bond donors (Lipinski definition) is 2. The van der Waals surface area contributed by atoms with Crippen molar-refractivity contribution in [2.24, 2.45) is 0 Å². The third kappa shape index (κ3) is 5.77. The first-order valence-electron chi connectivity index (χ1n) is 12.7. The van der Waals surface area contributed by atoms with E-state index in [1.165, 1.54) is 0 Å². The van der Waals surface area contributed by atoms with Crippen molar-refractivity contribution < 1.29 is 14.3 Å². The number of likely N-dealkylation sites (tertiary alicyclic amines) is 1. The zero-order valence-corrected chi connectivity index (χ0v) is 21.8. The van der Waals surface area contributed by atoms with Gasteiger partial charge in [0.1, 0.15) is 11.4 Å². The second kappa shape index (κ2) is 10.5. The van der Waals surface area contributed by atoms with Gasteiger partial charge in [-0.3, -0.25) is 0 Å². The molecule has 3 N–H and O–H groups in total. The molecule has 1 saturated heterocycles. The molecule has 9 heteroatoms. The molecule has 196 valence electrons. The lowest BCUT2D eigenvalue weighted by Crippen LogP contribution is -2.47. The second-order valence-corrected chi connectivity index (χ2v) is 10.3. The molecule has 0 unspecified atom stereocenters. The van der Waals surface area contributed by atoms with E-state index >= 15 is 0 Å². The molecule has 2 aromatic carbocycles. The molecule has 4 aromatic rings. The van der Waals surface area contributed by atoms with Gasteiger partial charge in [0.15, 0.2) is 0 Å². The minimum atomic E-state index is -0.531. The summed E-state index contributed by atoms with van der Waals surface area (Å²) in [5, 5.41) is 5.22. The molecule has 1 amide bonds. The molecular weight excluding hydrogens is 480 g/mol. The maximum Gasteiger partial charge on any atom is 0.410 e. The lowest BCUT2D eigenvalue weighted by molar-refractivity contribution is 0.0206. The van der Waals surface area contributed by atoms with Crippen molar-refractivity contribution in [3.05, 3.63) is 67.0 Å². The van der Waals surface area contributed by atoms with Gasteiger partial charge in [-0.05, 0) is 63.9 Å². The van der Waals surface area contributed by atoms with Crippen molar-refractivity contribution in [3.8, 4) is 22.9 Å². The van der Waals surface area contributed by atoms with E-state index in [-0.39, 0.29) is 12.1 Å². The van der Waals surface area contributed by atoms with Gasteiger partial charge < -0.3 is 25.4 Å². The third-order valence-corrected chi connectivity index (χ3v) is 6.23. The van der Waals surface area contributed by atoms with Crippen LogP contribution in [0.3, 0.4) is 0 Å². The van der Waals surface area contributed by atoms with E-state index in [1.54, 1.807) is 17.3 Å². The van der Waals surface area contributed by atoms with E-state index in [4.69, 9.17) is 20.2 Å². The molecule has 0 bridgehead atoms. The predicted molar refractivity (Wildman–Crippen MR) is 148 cm³/mol. The van der Waals surface area contributed by atoms with Gasteiger partial charge in [0, 0.05) is 48.0 Å². The fourth-order valence-corrected chi connectivity index (χ4v) is 4.51. The first kappa shape index (κ1) is 25.3. The Labute approximate surface area is 222 Å². The number of rotatable bonds is 5. The Bertz CT molecular complexity index is 1450. The Morgan fingerprint density at radius 1 is 1.03 bits per heavy atom. The van der Waals surface area contributed by atoms with Gasteiger partial charge in [-0.15, -0.1) is 0 Å². The topological polar surface area (TPSA) is 115 Å². The summed E-state index contributed by atoms with van der Waals surface area (Å²) in [6.45, 7) is 6.81. The molecule has 1 aliphatic rings. The molecule has 1 fully saturated rings. The monoisotopic (exact) mass is 512 g/mol. The van der Waals surface area contributed by atoms with Crippen LogP contribution in [-0.4, -0.2) is 50.7 Å². The molecule has 38 heavy (non-hydrogen) atoms. The Kier molecular flexibility index (Phi) is 7.00. The number of benzene rings is 2. The summed E-state index contributed by atoms with van der Waals surface area (Å²) in [7, 11) is 0. The predicted octanol–water partition coefficient (Wildman–Crippen LogP) is 5.88. The van der Waals surface area contributed by atoms with Crippen LogP contribution >= 0.6 is 0 Å². The molecule has 2 aromatic heterocycles. The van der Waals surface area contributed by atoms with E-state index in [1.807, 2.05) is 75.4 Å². The van der Waals surface area contributed by atoms with Crippen molar-refractivity contribution in [2.45, 2.75) is 45.3 Å².